The number of hydrogen-bond donors (Lipinski definition) is 6. The highest BCUT2D eigenvalue weighted by atomic mass is 16.7. The van der Waals surface area contributed by atoms with E-state index in [0.29, 0.717) is 11.8 Å². The van der Waals surface area contributed by atoms with Crippen LogP contribution in [-0.2, 0) is 14.2 Å². The summed E-state index contributed by atoms with van der Waals surface area (Å²) in [5, 5.41) is 59.8. The first-order valence-corrected chi connectivity index (χ1v) is 9.48. The average Bonchev–Trinajstić information content (AvgIpc) is 3.07. The number of carbonyl (C=O) groups excluding carboxylic acids is 1. The third kappa shape index (κ3) is 4.82. The van der Waals surface area contributed by atoms with Crippen LogP contribution in [-0.4, -0.2) is 113 Å². The predicted molar refractivity (Wildman–Crippen MR) is 99.4 cm³/mol. The summed E-state index contributed by atoms with van der Waals surface area (Å²) in [4.78, 5) is 10.9. The highest BCUT2D eigenvalue weighted by molar-refractivity contribution is 5.76. The number of hydrogen-bond acceptors (Lipinski definition) is 12. The number of benzene rings is 1. The van der Waals surface area contributed by atoms with Gasteiger partial charge in [0.15, 0.2) is 17.8 Å². The molecule has 174 valence electrons. The number of rotatable bonds is 8. The maximum Gasteiger partial charge on any atom is 0.229 e. The summed E-state index contributed by atoms with van der Waals surface area (Å²) in [5.41, 5.74) is -1.56. The SMILES string of the molecule is COc1cc(C=O)ccc1O[C@@H]1O[C@H](CO[C@@H]2OC[C@](O)(CO)[C@H]2O)[C@@H](O)[C@H](O)[C@H]1O. The maximum atomic E-state index is 10.9. The van der Waals surface area contributed by atoms with Gasteiger partial charge in [-0.1, -0.05) is 0 Å². The molecule has 0 unspecified atom stereocenters. The minimum atomic E-state index is -1.89. The fourth-order valence-corrected chi connectivity index (χ4v) is 3.26. The molecule has 6 N–H and O–H groups in total. The number of carbonyl (C=O) groups is 1. The topological polar surface area (TPSA) is 185 Å². The molecule has 3 rings (SSSR count). The van der Waals surface area contributed by atoms with Crippen molar-refractivity contribution in [2.24, 2.45) is 0 Å². The van der Waals surface area contributed by atoms with Crippen LogP contribution in [0.4, 0.5) is 0 Å². The summed E-state index contributed by atoms with van der Waals surface area (Å²) < 4.78 is 26.7. The summed E-state index contributed by atoms with van der Waals surface area (Å²) >= 11 is 0. The number of ether oxygens (including phenoxy) is 5. The van der Waals surface area contributed by atoms with Crippen molar-refractivity contribution in [3.63, 3.8) is 0 Å². The Morgan fingerprint density at radius 3 is 2.48 bits per heavy atom. The van der Waals surface area contributed by atoms with Gasteiger partial charge in [0.25, 0.3) is 0 Å². The summed E-state index contributed by atoms with van der Waals surface area (Å²) in [6, 6.07) is 4.28. The van der Waals surface area contributed by atoms with Gasteiger partial charge in [-0.05, 0) is 18.2 Å². The molecule has 2 aliphatic heterocycles. The number of aliphatic hydroxyl groups is 6. The second-order valence-corrected chi connectivity index (χ2v) is 7.38. The van der Waals surface area contributed by atoms with Crippen molar-refractivity contribution >= 4 is 6.29 Å². The fourth-order valence-electron chi connectivity index (χ4n) is 3.26. The molecule has 0 radical (unpaired) electrons. The van der Waals surface area contributed by atoms with Crippen LogP contribution in [0.3, 0.4) is 0 Å². The zero-order valence-corrected chi connectivity index (χ0v) is 16.6. The molecule has 2 aliphatic rings. The van der Waals surface area contributed by atoms with Crippen LogP contribution >= 0.6 is 0 Å². The second kappa shape index (κ2) is 9.73. The van der Waals surface area contributed by atoms with E-state index in [4.69, 9.17) is 28.8 Å². The van der Waals surface area contributed by atoms with Crippen molar-refractivity contribution in [3.8, 4) is 11.5 Å². The van der Waals surface area contributed by atoms with E-state index in [1.54, 1.807) is 0 Å². The minimum Gasteiger partial charge on any atom is -0.493 e. The standard InChI is InChI=1S/C19H26O12/c1-27-11-4-9(5-20)2-3-10(11)30-17-15(24)14(23)13(22)12(31-17)6-28-18-16(25)19(26,7-21)8-29-18/h2-5,12-18,21-26H,6-8H2,1H3/t12-,13-,14+,15-,16+,17-,18-,19-/m1/s1. The maximum absolute atomic E-state index is 10.9. The van der Waals surface area contributed by atoms with Crippen LogP contribution in [0.5, 0.6) is 11.5 Å². The molecule has 8 atom stereocenters. The Kier molecular flexibility index (Phi) is 7.47. The van der Waals surface area contributed by atoms with Crippen LogP contribution in [0.25, 0.3) is 0 Å². The van der Waals surface area contributed by atoms with Gasteiger partial charge in [0.2, 0.25) is 6.29 Å². The first-order valence-electron chi connectivity index (χ1n) is 9.48. The van der Waals surface area contributed by atoms with Crippen LogP contribution in [0.2, 0.25) is 0 Å². The zero-order valence-electron chi connectivity index (χ0n) is 16.6. The minimum absolute atomic E-state index is 0.114. The lowest BCUT2D eigenvalue weighted by Crippen LogP contribution is -2.60. The van der Waals surface area contributed by atoms with E-state index in [-0.39, 0.29) is 18.1 Å². The van der Waals surface area contributed by atoms with E-state index in [9.17, 15) is 30.3 Å². The summed E-state index contributed by atoms with van der Waals surface area (Å²) in [7, 11) is 1.35. The zero-order chi connectivity index (χ0) is 22.8. The van der Waals surface area contributed by atoms with Crippen LogP contribution in [0.1, 0.15) is 10.4 Å². The average molecular weight is 446 g/mol. The first-order chi connectivity index (χ1) is 14.7. The fraction of sp³-hybridized carbons (Fsp3) is 0.632. The molecule has 31 heavy (non-hydrogen) atoms. The van der Waals surface area contributed by atoms with Gasteiger partial charge in [0.05, 0.1) is 26.9 Å². The predicted octanol–water partition coefficient (Wildman–Crippen LogP) is -2.85. The van der Waals surface area contributed by atoms with E-state index < -0.39 is 61.9 Å². The van der Waals surface area contributed by atoms with E-state index in [1.807, 2.05) is 0 Å². The summed E-state index contributed by atoms with van der Waals surface area (Å²) in [6.45, 7) is -1.52. The van der Waals surface area contributed by atoms with Gasteiger partial charge in [0.1, 0.15) is 42.4 Å². The molecule has 2 fully saturated rings. The third-order valence-corrected chi connectivity index (χ3v) is 5.24. The molecular formula is C19H26O12. The van der Waals surface area contributed by atoms with Crippen LogP contribution in [0.15, 0.2) is 18.2 Å². The molecular weight excluding hydrogens is 420 g/mol. The van der Waals surface area contributed by atoms with Crippen molar-refractivity contribution in [1.82, 2.24) is 0 Å². The van der Waals surface area contributed by atoms with Gasteiger partial charge < -0.3 is 54.3 Å². The first kappa shape index (κ1) is 23.8. The van der Waals surface area contributed by atoms with Gasteiger partial charge in [-0.2, -0.15) is 0 Å². The molecule has 0 aliphatic carbocycles. The van der Waals surface area contributed by atoms with Gasteiger partial charge in [0, 0.05) is 5.56 Å². The molecule has 2 heterocycles. The Balaban J connectivity index is 1.68. The Morgan fingerprint density at radius 1 is 1.13 bits per heavy atom. The summed E-state index contributed by atoms with van der Waals surface area (Å²) in [6.07, 6.45) is -9.75. The van der Waals surface area contributed by atoms with Gasteiger partial charge in [-0.15, -0.1) is 0 Å². The van der Waals surface area contributed by atoms with Gasteiger partial charge >= 0.3 is 0 Å². The van der Waals surface area contributed by atoms with Crippen molar-refractivity contribution in [2.45, 2.75) is 48.7 Å². The Morgan fingerprint density at radius 2 is 1.87 bits per heavy atom. The van der Waals surface area contributed by atoms with Crippen LogP contribution < -0.4 is 9.47 Å². The van der Waals surface area contributed by atoms with E-state index in [0.717, 1.165) is 0 Å². The number of aldehydes is 1. The number of aliphatic hydroxyl groups excluding tert-OH is 5. The molecule has 12 nitrogen and oxygen atoms in total. The smallest absolute Gasteiger partial charge is 0.229 e. The quantitative estimate of drug-likeness (QED) is 0.225. The molecule has 1 aromatic rings. The lowest BCUT2D eigenvalue weighted by molar-refractivity contribution is -0.289. The lowest BCUT2D eigenvalue weighted by atomic mass is 9.99. The van der Waals surface area contributed by atoms with Crippen molar-refractivity contribution < 1.29 is 59.1 Å². The molecule has 0 amide bonds. The number of methoxy groups -OCH3 is 1. The Labute approximate surface area is 177 Å². The van der Waals surface area contributed by atoms with Crippen LogP contribution in [0, 0.1) is 0 Å². The van der Waals surface area contributed by atoms with E-state index >= 15 is 0 Å². The Bertz CT molecular complexity index is 759. The molecule has 0 spiro atoms. The molecule has 0 bridgehead atoms. The molecule has 12 heteroatoms. The second-order valence-electron chi connectivity index (χ2n) is 7.38. The van der Waals surface area contributed by atoms with Gasteiger partial charge in [-0.25, -0.2) is 0 Å². The highest BCUT2D eigenvalue weighted by Gasteiger charge is 2.50. The molecule has 0 aromatic heterocycles. The van der Waals surface area contributed by atoms with Gasteiger partial charge in [-0.3, -0.25) is 4.79 Å². The summed E-state index contributed by atoms with van der Waals surface area (Å²) in [5.74, 6) is 0.294. The Hall–Kier alpha value is -1.87. The lowest BCUT2D eigenvalue weighted by Gasteiger charge is -2.40. The van der Waals surface area contributed by atoms with E-state index in [1.165, 1.54) is 25.3 Å². The monoisotopic (exact) mass is 446 g/mol. The van der Waals surface area contributed by atoms with Crippen molar-refractivity contribution in [1.29, 1.82) is 0 Å². The van der Waals surface area contributed by atoms with Crippen molar-refractivity contribution in [3.05, 3.63) is 23.8 Å². The molecule has 0 saturated carbocycles. The molecule has 1 aromatic carbocycles. The largest absolute Gasteiger partial charge is 0.493 e. The highest BCUT2D eigenvalue weighted by Crippen LogP contribution is 2.32. The third-order valence-electron chi connectivity index (χ3n) is 5.24. The normalized spacial score (nSPS) is 38.1. The molecule has 2 saturated heterocycles. The van der Waals surface area contributed by atoms with E-state index in [2.05, 4.69) is 0 Å². The van der Waals surface area contributed by atoms with Crippen molar-refractivity contribution in [2.75, 3.05) is 26.9 Å².